The number of carbonyl (C=O) groups excluding carboxylic acids is 1. The Labute approximate surface area is 143 Å². The van der Waals surface area contributed by atoms with Gasteiger partial charge in [0, 0.05) is 26.1 Å². The van der Waals surface area contributed by atoms with Gasteiger partial charge in [0.2, 0.25) is 5.91 Å². The molecule has 1 N–H and O–H groups in total. The molecule has 5 nitrogen and oxygen atoms in total. The average molecular weight is 359 g/mol. The highest BCUT2D eigenvalue weighted by atomic mass is 19.4. The monoisotopic (exact) mass is 359 g/mol. The van der Waals surface area contributed by atoms with Gasteiger partial charge in [0.15, 0.2) is 5.41 Å². The second-order valence-electron chi connectivity index (χ2n) is 6.09. The van der Waals surface area contributed by atoms with E-state index in [-0.39, 0.29) is 13.0 Å². The third-order valence-corrected chi connectivity index (χ3v) is 4.36. The number of aliphatic carboxylic acids is 1. The summed E-state index contributed by atoms with van der Waals surface area (Å²) in [6, 6.07) is 9.45. The van der Waals surface area contributed by atoms with Gasteiger partial charge in [-0.2, -0.15) is 13.2 Å². The van der Waals surface area contributed by atoms with Gasteiger partial charge in [-0.05, 0) is 18.4 Å². The van der Waals surface area contributed by atoms with Crippen LogP contribution >= 0.6 is 0 Å². The van der Waals surface area contributed by atoms with E-state index in [2.05, 4.69) is 0 Å². The molecule has 0 radical (unpaired) electrons. The summed E-state index contributed by atoms with van der Waals surface area (Å²) >= 11 is 0. The van der Waals surface area contributed by atoms with Crippen molar-refractivity contribution < 1.29 is 32.6 Å². The van der Waals surface area contributed by atoms with Crippen LogP contribution in [0, 0.1) is 5.41 Å². The van der Waals surface area contributed by atoms with E-state index in [1.165, 1.54) is 0 Å². The van der Waals surface area contributed by atoms with Crippen molar-refractivity contribution in [2.75, 3.05) is 19.7 Å². The van der Waals surface area contributed by atoms with Crippen LogP contribution in [0.3, 0.4) is 0 Å². The number of alkyl halides is 3. The van der Waals surface area contributed by atoms with Crippen LogP contribution < -0.4 is 0 Å². The summed E-state index contributed by atoms with van der Waals surface area (Å²) in [5, 5.41) is 8.98. The summed E-state index contributed by atoms with van der Waals surface area (Å²) in [5.41, 5.74) is -1.86. The number of likely N-dealkylation sites (tertiary alicyclic amines) is 1. The molecule has 1 aliphatic rings. The van der Waals surface area contributed by atoms with Gasteiger partial charge in [0.1, 0.15) is 0 Å². The predicted molar refractivity (Wildman–Crippen MR) is 82.7 cm³/mol. The summed E-state index contributed by atoms with van der Waals surface area (Å²) in [6.07, 6.45) is -5.09. The van der Waals surface area contributed by atoms with E-state index in [1.54, 1.807) is 0 Å². The van der Waals surface area contributed by atoms with Crippen molar-refractivity contribution in [2.45, 2.75) is 32.0 Å². The van der Waals surface area contributed by atoms with Crippen LogP contribution in [0.4, 0.5) is 13.2 Å². The van der Waals surface area contributed by atoms with Gasteiger partial charge in [0.05, 0.1) is 6.61 Å². The molecule has 1 amide bonds. The Hall–Kier alpha value is -2.09. The molecule has 1 unspecified atom stereocenters. The Morgan fingerprint density at radius 2 is 1.92 bits per heavy atom. The lowest BCUT2D eigenvalue weighted by atomic mass is 9.86. The maximum absolute atomic E-state index is 13.1. The fraction of sp³-hybridized carbons (Fsp3) is 0.529. The van der Waals surface area contributed by atoms with E-state index >= 15 is 0 Å². The quantitative estimate of drug-likeness (QED) is 0.761. The SMILES string of the molecule is O=C(CCCOCc1ccccc1)N1CCC(C(=O)O)(C(F)(F)F)C1. The first-order chi connectivity index (χ1) is 11.8. The first-order valence-electron chi connectivity index (χ1n) is 7.96. The smallest absolute Gasteiger partial charge is 0.406 e. The van der Waals surface area contributed by atoms with Crippen molar-refractivity contribution in [3.8, 4) is 0 Å². The minimum Gasteiger partial charge on any atom is -0.481 e. The zero-order valence-electron chi connectivity index (χ0n) is 13.6. The molecule has 1 heterocycles. The van der Waals surface area contributed by atoms with Crippen LogP contribution in [0.2, 0.25) is 0 Å². The average Bonchev–Trinajstić information content (AvgIpc) is 3.02. The molecule has 1 aliphatic heterocycles. The molecule has 0 spiro atoms. The number of carboxylic acids is 1. The van der Waals surface area contributed by atoms with E-state index in [4.69, 9.17) is 9.84 Å². The largest absolute Gasteiger partial charge is 0.481 e. The molecule has 138 valence electrons. The second-order valence-corrected chi connectivity index (χ2v) is 6.09. The fourth-order valence-corrected chi connectivity index (χ4v) is 2.80. The third kappa shape index (κ3) is 4.50. The highest BCUT2D eigenvalue weighted by molar-refractivity contribution is 5.81. The minimum atomic E-state index is -4.88. The van der Waals surface area contributed by atoms with E-state index in [0.29, 0.717) is 19.6 Å². The number of hydrogen-bond acceptors (Lipinski definition) is 3. The van der Waals surface area contributed by atoms with Crippen molar-refractivity contribution in [3.63, 3.8) is 0 Å². The lowest BCUT2D eigenvalue weighted by Gasteiger charge is -2.27. The molecule has 2 rings (SSSR count). The van der Waals surface area contributed by atoms with Gasteiger partial charge in [0.25, 0.3) is 0 Å². The molecule has 1 aromatic rings. The second kappa shape index (κ2) is 7.86. The molecular weight excluding hydrogens is 339 g/mol. The van der Waals surface area contributed by atoms with Gasteiger partial charge >= 0.3 is 12.1 Å². The zero-order chi connectivity index (χ0) is 18.5. The summed E-state index contributed by atoms with van der Waals surface area (Å²) < 4.78 is 44.7. The van der Waals surface area contributed by atoms with Crippen molar-refractivity contribution in [1.82, 2.24) is 4.90 Å². The normalized spacial score (nSPS) is 20.7. The Morgan fingerprint density at radius 3 is 2.48 bits per heavy atom. The number of carboxylic acid groups (broad SMARTS) is 1. The number of benzene rings is 1. The van der Waals surface area contributed by atoms with Crippen molar-refractivity contribution >= 4 is 11.9 Å². The molecule has 1 fully saturated rings. The first-order valence-corrected chi connectivity index (χ1v) is 7.96. The number of rotatable bonds is 7. The van der Waals surface area contributed by atoms with E-state index in [0.717, 1.165) is 10.5 Å². The van der Waals surface area contributed by atoms with E-state index in [9.17, 15) is 22.8 Å². The van der Waals surface area contributed by atoms with Crippen LogP contribution in [0.25, 0.3) is 0 Å². The van der Waals surface area contributed by atoms with Gasteiger partial charge in [-0.1, -0.05) is 30.3 Å². The number of amides is 1. The Kier molecular flexibility index (Phi) is 6.05. The number of ether oxygens (including phenoxy) is 1. The molecule has 25 heavy (non-hydrogen) atoms. The third-order valence-electron chi connectivity index (χ3n) is 4.36. The highest BCUT2D eigenvalue weighted by Gasteiger charge is 2.64. The van der Waals surface area contributed by atoms with Crippen LogP contribution in [-0.2, 0) is 20.9 Å². The van der Waals surface area contributed by atoms with Crippen molar-refractivity contribution in [2.24, 2.45) is 5.41 Å². The number of carbonyl (C=O) groups is 2. The molecule has 8 heteroatoms. The van der Waals surface area contributed by atoms with Crippen LogP contribution in [0.5, 0.6) is 0 Å². The van der Waals surface area contributed by atoms with E-state index in [1.807, 2.05) is 30.3 Å². The summed E-state index contributed by atoms with van der Waals surface area (Å²) in [6.45, 7) is -0.322. The maximum Gasteiger partial charge on any atom is 0.406 e. The molecular formula is C17H20F3NO4. The summed E-state index contributed by atoms with van der Waals surface area (Å²) in [4.78, 5) is 24.1. The van der Waals surface area contributed by atoms with Gasteiger partial charge < -0.3 is 14.7 Å². The van der Waals surface area contributed by atoms with Gasteiger partial charge in [-0.15, -0.1) is 0 Å². The fourth-order valence-electron chi connectivity index (χ4n) is 2.80. The summed E-state index contributed by atoms with van der Waals surface area (Å²) in [5.74, 6) is -2.41. The van der Waals surface area contributed by atoms with Crippen LogP contribution in [-0.4, -0.2) is 47.8 Å². The first kappa shape index (κ1) is 19.2. The molecule has 1 atom stereocenters. The standard InChI is InChI=1S/C17H20F3NO4/c18-17(19,20)16(15(23)24)8-9-21(12-16)14(22)7-4-10-25-11-13-5-2-1-3-6-13/h1-3,5-6H,4,7-12H2,(H,23,24). The lowest BCUT2D eigenvalue weighted by molar-refractivity contribution is -0.227. The zero-order valence-corrected chi connectivity index (χ0v) is 13.6. The summed E-state index contributed by atoms with van der Waals surface area (Å²) in [7, 11) is 0. The number of halogens is 3. The van der Waals surface area contributed by atoms with Gasteiger partial charge in [-0.25, -0.2) is 0 Å². The predicted octanol–water partition coefficient (Wildman–Crippen LogP) is 2.85. The minimum absolute atomic E-state index is 0.0301. The Bertz CT molecular complexity index is 606. The number of nitrogens with zero attached hydrogens (tertiary/aromatic N) is 1. The van der Waals surface area contributed by atoms with E-state index < -0.39 is 36.4 Å². The van der Waals surface area contributed by atoms with Crippen molar-refractivity contribution in [3.05, 3.63) is 35.9 Å². The molecule has 0 bridgehead atoms. The molecule has 0 aromatic heterocycles. The lowest BCUT2D eigenvalue weighted by Crippen LogP contribution is -2.47. The number of hydrogen-bond donors (Lipinski definition) is 1. The maximum atomic E-state index is 13.1. The van der Waals surface area contributed by atoms with Crippen LogP contribution in [0.15, 0.2) is 30.3 Å². The topological polar surface area (TPSA) is 66.8 Å². The van der Waals surface area contributed by atoms with Crippen molar-refractivity contribution in [1.29, 1.82) is 0 Å². The highest BCUT2D eigenvalue weighted by Crippen LogP contribution is 2.45. The molecule has 1 aromatic carbocycles. The molecule has 1 saturated heterocycles. The molecule has 0 aliphatic carbocycles. The van der Waals surface area contributed by atoms with Crippen LogP contribution in [0.1, 0.15) is 24.8 Å². The van der Waals surface area contributed by atoms with Gasteiger partial charge in [-0.3, -0.25) is 9.59 Å². The Morgan fingerprint density at radius 1 is 1.24 bits per heavy atom. The Balaban J connectivity index is 1.75. The molecule has 0 saturated carbocycles.